The van der Waals surface area contributed by atoms with Crippen LogP contribution in [0.1, 0.15) is 36.0 Å². The molecule has 0 radical (unpaired) electrons. The number of aliphatic imine (C=N–C) groups is 1. The molecule has 6 nitrogen and oxygen atoms in total. The van der Waals surface area contributed by atoms with Crippen molar-refractivity contribution in [3.05, 3.63) is 59.7 Å². The summed E-state index contributed by atoms with van der Waals surface area (Å²) in [6.45, 7) is 5.65. The smallest absolute Gasteiger partial charge is 0.191 e. The van der Waals surface area contributed by atoms with E-state index in [9.17, 15) is 0 Å². The van der Waals surface area contributed by atoms with E-state index in [-0.39, 0.29) is 6.04 Å². The largest absolute Gasteiger partial charge is 0.468 e. The second kappa shape index (κ2) is 8.52. The standard InChI is InChI=1S/C22H28N4O2/c1-16-17-8-3-4-9-19(17)28-21(16)15-25-22(23-2)24-14-18(20-10-7-13-27-20)26-11-5-6-12-26/h3-4,7-10,13,18H,5-6,11-12,14-15H2,1-2H3,(H2,23,24,25). The van der Waals surface area contributed by atoms with E-state index in [1.54, 1.807) is 13.3 Å². The van der Waals surface area contributed by atoms with Gasteiger partial charge in [-0.15, -0.1) is 0 Å². The summed E-state index contributed by atoms with van der Waals surface area (Å²) in [7, 11) is 1.79. The summed E-state index contributed by atoms with van der Waals surface area (Å²) in [5.74, 6) is 2.69. The van der Waals surface area contributed by atoms with Gasteiger partial charge in [-0.1, -0.05) is 18.2 Å². The Hall–Kier alpha value is -2.73. The molecule has 1 fully saturated rings. The molecule has 1 atom stereocenters. The van der Waals surface area contributed by atoms with Crippen molar-refractivity contribution in [3.8, 4) is 0 Å². The number of nitrogens with zero attached hydrogens (tertiary/aromatic N) is 2. The summed E-state index contributed by atoms with van der Waals surface area (Å²) in [4.78, 5) is 6.84. The van der Waals surface area contributed by atoms with Gasteiger partial charge in [0.25, 0.3) is 0 Å². The van der Waals surface area contributed by atoms with Crippen LogP contribution in [0.3, 0.4) is 0 Å². The number of nitrogens with one attached hydrogen (secondary N) is 2. The van der Waals surface area contributed by atoms with E-state index in [1.807, 2.05) is 24.3 Å². The molecular weight excluding hydrogens is 352 g/mol. The average molecular weight is 380 g/mol. The fourth-order valence-corrected chi connectivity index (χ4v) is 3.92. The number of hydrogen-bond acceptors (Lipinski definition) is 4. The lowest BCUT2D eigenvalue weighted by Gasteiger charge is -2.26. The van der Waals surface area contributed by atoms with Crippen LogP contribution in [0.2, 0.25) is 0 Å². The van der Waals surface area contributed by atoms with E-state index in [2.05, 4.69) is 39.6 Å². The molecule has 1 aromatic carbocycles. The number of guanidine groups is 1. The van der Waals surface area contributed by atoms with Gasteiger partial charge in [0.2, 0.25) is 0 Å². The number of furan rings is 2. The molecule has 148 valence electrons. The highest BCUT2D eigenvalue weighted by Crippen LogP contribution is 2.26. The maximum absolute atomic E-state index is 5.99. The third-order valence-corrected chi connectivity index (χ3v) is 5.50. The Morgan fingerprint density at radius 2 is 1.96 bits per heavy atom. The minimum Gasteiger partial charge on any atom is -0.468 e. The first-order valence-electron chi connectivity index (χ1n) is 9.95. The molecule has 3 aromatic rings. The molecule has 2 aromatic heterocycles. The number of rotatable bonds is 6. The molecular formula is C22H28N4O2. The van der Waals surface area contributed by atoms with E-state index in [0.717, 1.165) is 48.1 Å². The van der Waals surface area contributed by atoms with Crippen molar-refractivity contribution in [2.75, 3.05) is 26.7 Å². The molecule has 6 heteroatoms. The summed E-state index contributed by atoms with van der Waals surface area (Å²) < 4.78 is 11.7. The number of para-hydroxylation sites is 1. The predicted octanol–water partition coefficient (Wildman–Crippen LogP) is 3.84. The first-order valence-corrected chi connectivity index (χ1v) is 9.95. The van der Waals surface area contributed by atoms with Gasteiger partial charge in [0.1, 0.15) is 17.1 Å². The first-order chi connectivity index (χ1) is 13.8. The van der Waals surface area contributed by atoms with Gasteiger partial charge in [-0.25, -0.2) is 0 Å². The Bertz CT molecular complexity index is 923. The lowest BCUT2D eigenvalue weighted by atomic mass is 10.1. The summed E-state index contributed by atoms with van der Waals surface area (Å²) in [5, 5.41) is 7.99. The van der Waals surface area contributed by atoms with Crippen molar-refractivity contribution in [2.24, 2.45) is 4.99 Å². The van der Waals surface area contributed by atoms with Gasteiger partial charge >= 0.3 is 0 Å². The molecule has 0 bridgehead atoms. The normalized spacial score (nSPS) is 16.6. The zero-order chi connectivity index (χ0) is 19.3. The van der Waals surface area contributed by atoms with Crippen LogP contribution in [0.15, 0.2) is 56.5 Å². The zero-order valence-electron chi connectivity index (χ0n) is 16.6. The fraction of sp³-hybridized carbons (Fsp3) is 0.409. The number of benzene rings is 1. The minimum atomic E-state index is 0.212. The second-order valence-corrected chi connectivity index (χ2v) is 7.23. The molecule has 0 saturated carbocycles. The third-order valence-electron chi connectivity index (χ3n) is 5.50. The molecule has 1 aliphatic rings. The van der Waals surface area contributed by atoms with Crippen molar-refractivity contribution < 1.29 is 8.83 Å². The number of aryl methyl sites for hydroxylation is 1. The minimum absolute atomic E-state index is 0.212. The Morgan fingerprint density at radius 3 is 2.68 bits per heavy atom. The highest BCUT2D eigenvalue weighted by Gasteiger charge is 2.25. The number of hydrogen-bond donors (Lipinski definition) is 2. The molecule has 0 amide bonds. The van der Waals surface area contributed by atoms with Crippen LogP contribution < -0.4 is 10.6 Å². The van der Waals surface area contributed by atoms with Crippen molar-refractivity contribution in [2.45, 2.75) is 32.4 Å². The van der Waals surface area contributed by atoms with Crippen LogP contribution in [0, 0.1) is 6.92 Å². The van der Waals surface area contributed by atoms with Crippen LogP contribution in [0.5, 0.6) is 0 Å². The van der Waals surface area contributed by atoms with Crippen LogP contribution >= 0.6 is 0 Å². The van der Waals surface area contributed by atoms with Crippen LogP contribution in [0.25, 0.3) is 11.0 Å². The summed E-state index contributed by atoms with van der Waals surface area (Å²) in [6, 6.07) is 12.3. The second-order valence-electron chi connectivity index (χ2n) is 7.23. The van der Waals surface area contributed by atoms with Gasteiger partial charge in [-0.2, -0.15) is 0 Å². The summed E-state index contributed by atoms with van der Waals surface area (Å²) in [6.07, 6.45) is 4.24. The lowest BCUT2D eigenvalue weighted by Crippen LogP contribution is -2.42. The number of likely N-dealkylation sites (tertiary alicyclic amines) is 1. The Labute approximate surface area is 165 Å². The van der Waals surface area contributed by atoms with Crippen LogP contribution in [-0.2, 0) is 6.54 Å². The molecule has 1 saturated heterocycles. The lowest BCUT2D eigenvalue weighted by molar-refractivity contribution is 0.215. The van der Waals surface area contributed by atoms with Crippen molar-refractivity contribution in [3.63, 3.8) is 0 Å². The molecule has 1 aliphatic heterocycles. The molecule has 3 heterocycles. The zero-order valence-corrected chi connectivity index (χ0v) is 16.6. The van der Waals surface area contributed by atoms with E-state index < -0.39 is 0 Å². The molecule has 0 spiro atoms. The first kappa shape index (κ1) is 18.6. The number of fused-ring (bicyclic) bond motifs is 1. The molecule has 2 N–H and O–H groups in total. The molecule has 4 rings (SSSR count). The Balaban J connectivity index is 1.39. The van der Waals surface area contributed by atoms with Crippen LogP contribution in [0.4, 0.5) is 0 Å². The average Bonchev–Trinajstić information content (AvgIpc) is 3.48. The van der Waals surface area contributed by atoms with Gasteiger partial charge in [-0.3, -0.25) is 9.89 Å². The quantitative estimate of drug-likeness (QED) is 0.502. The highest BCUT2D eigenvalue weighted by atomic mass is 16.3. The van der Waals surface area contributed by atoms with E-state index in [0.29, 0.717) is 6.54 Å². The Morgan fingerprint density at radius 1 is 1.14 bits per heavy atom. The summed E-state index contributed by atoms with van der Waals surface area (Å²) in [5.41, 5.74) is 2.09. The fourth-order valence-electron chi connectivity index (χ4n) is 3.92. The van der Waals surface area contributed by atoms with E-state index in [1.165, 1.54) is 18.4 Å². The van der Waals surface area contributed by atoms with E-state index in [4.69, 9.17) is 8.83 Å². The predicted molar refractivity (Wildman–Crippen MR) is 111 cm³/mol. The van der Waals surface area contributed by atoms with Gasteiger partial charge in [-0.05, 0) is 51.1 Å². The molecule has 0 aliphatic carbocycles. The maximum Gasteiger partial charge on any atom is 0.191 e. The highest BCUT2D eigenvalue weighted by molar-refractivity contribution is 5.82. The topological polar surface area (TPSA) is 65.9 Å². The Kier molecular flexibility index (Phi) is 5.67. The third kappa shape index (κ3) is 3.92. The molecule has 1 unspecified atom stereocenters. The van der Waals surface area contributed by atoms with Crippen LogP contribution in [-0.4, -0.2) is 37.5 Å². The van der Waals surface area contributed by atoms with Gasteiger partial charge in [0.15, 0.2) is 5.96 Å². The van der Waals surface area contributed by atoms with Gasteiger partial charge in [0, 0.05) is 24.5 Å². The van der Waals surface area contributed by atoms with E-state index >= 15 is 0 Å². The van der Waals surface area contributed by atoms with Crippen molar-refractivity contribution >= 4 is 16.9 Å². The molecule has 28 heavy (non-hydrogen) atoms. The van der Waals surface area contributed by atoms with Crippen molar-refractivity contribution in [1.29, 1.82) is 0 Å². The summed E-state index contributed by atoms with van der Waals surface area (Å²) >= 11 is 0. The monoisotopic (exact) mass is 380 g/mol. The SMILES string of the molecule is CN=C(NCc1oc2ccccc2c1C)NCC(c1ccco1)N1CCCC1. The van der Waals surface area contributed by atoms with Crippen molar-refractivity contribution in [1.82, 2.24) is 15.5 Å². The maximum atomic E-state index is 5.99. The van der Waals surface area contributed by atoms with Gasteiger partial charge < -0.3 is 19.5 Å². The van der Waals surface area contributed by atoms with Gasteiger partial charge in [0.05, 0.1) is 18.8 Å².